The van der Waals surface area contributed by atoms with E-state index in [1.54, 1.807) is 18.2 Å². The molecule has 0 bridgehead atoms. The molecule has 31 heavy (non-hydrogen) atoms. The molecule has 2 aromatic carbocycles. The number of primary amides is 1. The summed E-state index contributed by atoms with van der Waals surface area (Å²) in [6.07, 6.45) is 11.7. The van der Waals surface area contributed by atoms with Crippen molar-refractivity contribution in [3.05, 3.63) is 65.2 Å². The first kappa shape index (κ1) is 24.6. The molecule has 0 aliphatic rings. The van der Waals surface area contributed by atoms with Gasteiger partial charge in [0.1, 0.15) is 0 Å². The SMILES string of the molecule is CCCCCCCCC(N)CCCc1ccccc1NC(=O)c1cccc(C(N)=O)c1. The van der Waals surface area contributed by atoms with E-state index >= 15 is 0 Å². The average molecular weight is 424 g/mol. The molecule has 0 saturated heterocycles. The van der Waals surface area contributed by atoms with Crippen molar-refractivity contribution in [2.75, 3.05) is 5.32 Å². The number of aryl methyl sites for hydroxylation is 1. The summed E-state index contributed by atoms with van der Waals surface area (Å²) in [4.78, 5) is 24.0. The van der Waals surface area contributed by atoms with E-state index in [1.807, 2.05) is 24.3 Å². The molecule has 0 aliphatic carbocycles. The van der Waals surface area contributed by atoms with Gasteiger partial charge in [-0.25, -0.2) is 0 Å². The van der Waals surface area contributed by atoms with Crippen LogP contribution in [0.1, 0.15) is 91.0 Å². The molecule has 168 valence electrons. The van der Waals surface area contributed by atoms with E-state index in [0.717, 1.165) is 36.9 Å². The molecule has 0 spiro atoms. The van der Waals surface area contributed by atoms with E-state index in [9.17, 15) is 9.59 Å². The van der Waals surface area contributed by atoms with Crippen molar-refractivity contribution in [3.63, 3.8) is 0 Å². The minimum atomic E-state index is -0.549. The normalized spacial score (nSPS) is 11.8. The molecular weight excluding hydrogens is 386 g/mol. The molecule has 5 N–H and O–H groups in total. The largest absolute Gasteiger partial charge is 0.366 e. The van der Waals surface area contributed by atoms with Crippen molar-refractivity contribution in [1.29, 1.82) is 0 Å². The number of unbranched alkanes of at least 4 members (excludes halogenated alkanes) is 5. The second kappa shape index (κ2) is 13.6. The maximum atomic E-state index is 12.7. The number of anilines is 1. The van der Waals surface area contributed by atoms with Crippen molar-refractivity contribution >= 4 is 17.5 Å². The van der Waals surface area contributed by atoms with Crippen LogP contribution >= 0.6 is 0 Å². The fourth-order valence-electron chi connectivity index (χ4n) is 3.75. The summed E-state index contributed by atoms with van der Waals surface area (Å²) in [5.41, 5.74) is 14.2. The Kier molecular flexibility index (Phi) is 10.8. The summed E-state index contributed by atoms with van der Waals surface area (Å²) in [5, 5.41) is 2.97. The first-order valence-electron chi connectivity index (χ1n) is 11.6. The minimum absolute atomic E-state index is 0.240. The molecule has 2 aromatic rings. The Morgan fingerprint density at radius 2 is 1.55 bits per heavy atom. The van der Waals surface area contributed by atoms with Gasteiger partial charge in [0.15, 0.2) is 0 Å². The van der Waals surface area contributed by atoms with Crippen LogP contribution in [0.2, 0.25) is 0 Å². The van der Waals surface area contributed by atoms with Crippen LogP contribution in [0.5, 0.6) is 0 Å². The molecule has 0 saturated carbocycles. The lowest BCUT2D eigenvalue weighted by molar-refractivity contribution is 0.1000. The summed E-state index contributed by atoms with van der Waals surface area (Å²) < 4.78 is 0. The Morgan fingerprint density at radius 3 is 2.32 bits per heavy atom. The summed E-state index contributed by atoms with van der Waals surface area (Å²) in [7, 11) is 0. The predicted molar refractivity (Wildman–Crippen MR) is 128 cm³/mol. The Labute approximate surface area is 186 Å². The molecular formula is C26H37N3O2. The highest BCUT2D eigenvalue weighted by Crippen LogP contribution is 2.20. The van der Waals surface area contributed by atoms with E-state index < -0.39 is 5.91 Å². The van der Waals surface area contributed by atoms with Gasteiger partial charge in [0.2, 0.25) is 5.91 Å². The third kappa shape index (κ3) is 8.93. The fraction of sp³-hybridized carbons (Fsp3) is 0.462. The average Bonchev–Trinajstić information content (AvgIpc) is 2.77. The second-order valence-electron chi connectivity index (χ2n) is 8.27. The van der Waals surface area contributed by atoms with Crippen molar-refractivity contribution < 1.29 is 9.59 Å². The molecule has 5 nitrogen and oxygen atoms in total. The standard InChI is InChI=1S/C26H37N3O2/c1-2-3-4-5-6-7-16-23(27)17-11-13-20-12-8-9-18-24(20)29-26(31)22-15-10-14-21(19-22)25(28)30/h8-10,12,14-15,18-19,23H,2-7,11,13,16-17,27H2,1H3,(H2,28,30)(H,29,31). The Hall–Kier alpha value is -2.66. The van der Waals surface area contributed by atoms with Crippen LogP contribution < -0.4 is 16.8 Å². The second-order valence-corrected chi connectivity index (χ2v) is 8.27. The number of carbonyl (C=O) groups excluding carboxylic acids is 2. The van der Waals surface area contributed by atoms with E-state index in [4.69, 9.17) is 11.5 Å². The van der Waals surface area contributed by atoms with E-state index in [-0.39, 0.29) is 11.9 Å². The van der Waals surface area contributed by atoms with E-state index in [1.165, 1.54) is 44.6 Å². The predicted octanol–water partition coefficient (Wildman–Crippen LogP) is 5.44. The first-order valence-corrected chi connectivity index (χ1v) is 11.6. The number of nitrogens with one attached hydrogen (secondary N) is 1. The molecule has 0 radical (unpaired) electrons. The summed E-state index contributed by atoms with van der Waals surface area (Å²) in [6, 6.07) is 14.5. The third-order valence-corrected chi connectivity index (χ3v) is 5.62. The van der Waals surface area contributed by atoms with Crippen LogP contribution in [0, 0.1) is 0 Å². The molecule has 0 fully saturated rings. The highest BCUT2D eigenvalue weighted by Gasteiger charge is 2.11. The van der Waals surface area contributed by atoms with Crippen molar-refractivity contribution in [3.8, 4) is 0 Å². The molecule has 1 unspecified atom stereocenters. The number of amides is 2. The quantitative estimate of drug-likeness (QED) is 0.353. The van der Waals surface area contributed by atoms with Crippen LogP contribution in [0.15, 0.2) is 48.5 Å². The lowest BCUT2D eigenvalue weighted by atomic mass is 9.99. The molecule has 2 rings (SSSR count). The van der Waals surface area contributed by atoms with Gasteiger partial charge in [0, 0.05) is 22.9 Å². The van der Waals surface area contributed by atoms with Crippen LogP contribution in [0.25, 0.3) is 0 Å². The topological polar surface area (TPSA) is 98.2 Å². The number of hydrogen-bond donors (Lipinski definition) is 3. The third-order valence-electron chi connectivity index (χ3n) is 5.62. The van der Waals surface area contributed by atoms with E-state index in [2.05, 4.69) is 12.2 Å². The minimum Gasteiger partial charge on any atom is -0.366 e. The van der Waals surface area contributed by atoms with Crippen molar-refractivity contribution in [2.45, 2.75) is 77.2 Å². The lowest BCUT2D eigenvalue weighted by Crippen LogP contribution is -2.20. The van der Waals surface area contributed by atoms with Crippen molar-refractivity contribution in [2.24, 2.45) is 11.5 Å². The number of benzene rings is 2. The van der Waals surface area contributed by atoms with Gasteiger partial charge in [0.05, 0.1) is 0 Å². The smallest absolute Gasteiger partial charge is 0.255 e. The van der Waals surface area contributed by atoms with Crippen LogP contribution in [-0.4, -0.2) is 17.9 Å². The summed E-state index contributed by atoms with van der Waals surface area (Å²) >= 11 is 0. The summed E-state index contributed by atoms with van der Waals surface area (Å²) in [5.74, 6) is -0.803. The van der Waals surface area contributed by atoms with Gasteiger partial charge in [0.25, 0.3) is 5.91 Å². The van der Waals surface area contributed by atoms with Gasteiger partial charge < -0.3 is 16.8 Å². The zero-order valence-corrected chi connectivity index (χ0v) is 18.7. The zero-order chi connectivity index (χ0) is 22.5. The molecule has 0 aromatic heterocycles. The van der Waals surface area contributed by atoms with Crippen molar-refractivity contribution in [1.82, 2.24) is 0 Å². The fourth-order valence-corrected chi connectivity index (χ4v) is 3.75. The van der Waals surface area contributed by atoms with Gasteiger partial charge in [-0.3, -0.25) is 9.59 Å². The molecule has 5 heteroatoms. The highest BCUT2D eigenvalue weighted by molar-refractivity contribution is 6.06. The number of para-hydroxylation sites is 1. The molecule has 0 heterocycles. The Morgan fingerprint density at radius 1 is 0.871 bits per heavy atom. The van der Waals surface area contributed by atoms with Crippen LogP contribution in [0.3, 0.4) is 0 Å². The lowest BCUT2D eigenvalue weighted by Gasteiger charge is -2.14. The molecule has 0 aliphatic heterocycles. The maximum absolute atomic E-state index is 12.7. The van der Waals surface area contributed by atoms with Crippen LogP contribution in [-0.2, 0) is 6.42 Å². The first-order chi connectivity index (χ1) is 15.0. The summed E-state index contributed by atoms with van der Waals surface area (Å²) in [6.45, 7) is 2.24. The molecule has 1 atom stereocenters. The number of carbonyl (C=O) groups is 2. The van der Waals surface area contributed by atoms with Crippen LogP contribution in [0.4, 0.5) is 5.69 Å². The Balaban J connectivity index is 1.82. The number of rotatable bonds is 14. The monoisotopic (exact) mass is 423 g/mol. The van der Waals surface area contributed by atoms with Gasteiger partial charge in [-0.15, -0.1) is 0 Å². The maximum Gasteiger partial charge on any atom is 0.255 e. The van der Waals surface area contributed by atoms with Gasteiger partial charge >= 0.3 is 0 Å². The highest BCUT2D eigenvalue weighted by atomic mass is 16.2. The Bertz CT molecular complexity index is 835. The number of hydrogen-bond acceptors (Lipinski definition) is 3. The van der Waals surface area contributed by atoms with E-state index in [0.29, 0.717) is 11.1 Å². The number of nitrogens with two attached hydrogens (primary N) is 2. The van der Waals surface area contributed by atoms with Gasteiger partial charge in [-0.1, -0.05) is 69.7 Å². The van der Waals surface area contributed by atoms with Gasteiger partial charge in [-0.2, -0.15) is 0 Å². The zero-order valence-electron chi connectivity index (χ0n) is 18.7. The molecule has 2 amide bonds. The van der Waals surface area contributed by atoms with Gasteiger partial charge in [-0.05, 0) is 55.5 Å².